The maximum absolute atomic E-state index is 11.3. The smallest absolute Gasteiger partial charge is 0.329 e. The molecule has 0 bridgehead atoms. The van der Waals surface area contributed by atoms with Crippen LogP contribution in [0.4, 0.5) is 0 Å². The summed E-state index contributed by atoms with van der Waals surface area (Å²) in [5, 5.41) is 10.9. The number of carboxylic acids is 1. The number of nitrogens with one attached hydrogen (secondary N) is 1. The van der Waals surface area contributed by atoms with Crippen LogP contribution in [-0.2, 0) is 42.7 Å². The number of rotatable bonds is 23. The SMILES string of the molecule is CCOCCOCCOCCOCCOCCOCCNC(=O)COCC(=O)O. The first-order valence-corrected chi connectivity index (χ1v) is 9.69. The van der Waals surface area contributed by atoms with E-state index >= 15 is 0 Å². The number of amides is 1. The number of ether oxygens (including phenoxy) is 7. The summed E-state index contributed by atoms with van der Waals surface area (Å²) in [7, 11) is 0. The molecule has 0 aliphatic heterocycles. The summed E-state index contributed by atoms with van der Waals surface area (Å²) in [5.74, 6) is -1.50. The number of hydrogen-bond acceptors (Lipinski definition) is 9. The summed E-state index contributed by atoms with van der Waals surface area (Å²) in [4.78, 5) is 21.5. The second-order valence-electron chi connectivity index (χ2n) is 5.50. The van der Waals surface area contributed by atoms with E-state index in [1.54, 1.807) is 0 Å². The van der Waals surface area contributed by atoms with Crippen LogP contribution in [-0.4, -0.2) is 116 Å². The summed E-state index contributed by atoms with van der Waals surface area (Å²) < 4.78 is 36.4. The topological polar surface area (TPSA) is 131 Å². The van der Waals surface area contributed by atoms with E-state index in [0.29, 0.717) is 85.8 Å². The van der Waals surface area contributed by atoms with Crippen LogP contribution in [0.15, 0.2) is 0 Å². The van der Waals surface area contributed by atoms with Gasteiger partial charge < -0.3 is 43.6 Å². The maximum Gasteiger partial charge on any atom is 0.329 e. The number of hydrogen-bond donors (Lipinski definition) is 2. The van der Waals surface area contributed by atoms with Crippen LogP contribution in [0.1, 0.15) is 6.92 Å². The molecule has 0 aliphatic carbocycles. The average molecular weight is 425 g/mol. The third kappa shape index (κ3) is 24.6. The van der Waals surface area contributed by atoms with Gasteiger partial charge in [0.2, 0.25) is 5.91 Å². The Morgan fingerprint density at radius 1 is 0.621 bits per heavy atom. The van der Waals surface area contributed by atoms with Crippen molar-refractivity contribution in [2.45, 2.75) is 6.92 Å². The van der Waals surface area contributed by atoms with E-state index in [2.05, 4.69) is 10.1 Å². The molecular formula is C18H35NO10. The summed E-state index contributed by atoms with van der Waals surface area (Å²) in [6.45, 7) is 7.51. The summed E-state index contributed by atoms with van der Waals surface area (Å²) >= 11 is 0. The van der Waals surface area contributed by atoms with E-state index in [1.165, 1.54) is 0 Å². The van der Waals surface area contributed by atoms with Crippen LogP contribution in [0.3, 0.4) is 0 Å². The molecule has 11 nitrogen and oxygen atoms in total. The Hall–Kier alpha value is -1.34. The quantitative estimate of drug-likeness (QED) is 0.203. The zero-order valence-corrected chi connectivity index (χ0v) is 17.2. The zero-order valence-electron chi connectivity index (χ0n) is 17.2. The highest BCUT2D eigenvalue weighted by molar-refractivity contribution is 5.77. The van der Waals surface area contributed by atoms with Crippen molar-refractivity contribution in [1.82, 2.24) is 5.32 Å². The normalized spacial score (nSPS) is 10.9. The lowest BCUT2D eigenvalue weighted by molar-refractivity contribution is -0.143. The fourth-order valence-corrected chi connectivity index (χ4v) is 1.79. The number of carboxylic acid groups (broad SMARTS) is 1. The van der Waals surface area contributed by atoms with Gasteiger partial charge in [0.1, 0.15) is 13.2 Å². The number of aliphatic carboxylic acids is 1. The first-order chi connectivity index (χ1) is 14.2. The molecule has 1 amide bonds. The van der Waals surface area contributed by atoms with Gasteiger partial charge in [0.15, 0.2) is 0 Å². The highest BCUT2D eigenvalue weighted by atomic mass is 16.6. The summed E-state index contributed by atoms with van der Waals surface area (Å²) in [5.41, 5.74) is 0. The lowest BCUT2D eigenvalue weighted by Gasteiger charge is -2.08. The van der Waals surface area contributed by atoms with Crippen molar-refractivity contribution in [3.05, 3.63) is 0 Å². The Labute approximate surface area is 171 Å². The van der Waals surface area contributed by atoms with Crippen LogP contribution in [0.2, 0.25) is 0 Å². The minimum atomic E-state index is -1.12. The van der Waals surface area contributed by atoms with Crippen LogP contribution < -0.4 is 5.32 Å². The molecule has 172 valence electrons. The van der Waals surface area contributed by atoms with Crippen LogP contribution in [0, 0.1) is 0 Å². The molecule has 11 heteroatoms. The van der Waals surface area contributed by atoms with Crippen LogP contribution in [0.25, 0.3) is 0 Å². The highest BCUT2D eigenvalue weighted by Gasteiger charge is 2.02. The second kappa shape index (κ2) is 22.9. The van der Waals surface area contributed by atoms with Gasteiger partial charge in [-0.3, -0.25) is 4.79 Å². The van der Waals surface area contributed by atoms with Gasteiger partial charge in [-0.25, -0.2) is 4.79 Å². The van der Waals surface area contributed by atoms with E-state index < -0.39 is 12.6 Å². The van der Waals surface area contributed by atoms with Gasteiger partial charge in [-0.2, -0.15) is 0 Å². The van der Waals surface area contributed by atoms with Gasteiger partial charge in [0.25, 0.3) is 0 Å². The van der Waals surface area contributed by atoms with Crippen molar-refractivity contribution in [1.29, 1.82) is 0 Å². The standard InChI is InChI=1S/C18H35NO10/c1-2-23-5-6-25-9-10-27-13-14-28-12-11-26-8-7-24-4-3-19-17(20)15-29-16-18(21)22/h2-16H2,1H3,(H,19,20)(H,21,22). The molecule has 0 fully saturated rings. The monoisotopic (exact) mass is 425 g/mol. The molecule has 0 spiro atoms. The molecule has 0 atom stereocenters. The van der Waals surface area contributed by atoms with Crippen molar-refractivity contribution < 1.29 is 47.9 Å². The highest BCUT2D eigenvalue weighted by Crippen LogP contribution is 1.84. The van der Waals surface area contributed by atoms with Gasteiger partial charge in [-0.05, 0) is 6.92 Å². The Bertz CT molecular complexity index is 384. The predicted molar refractivity (Wildman–Crippen MR) is 102 cm³/mol. The fourth-order valence-electron chi connectivity index (χ4n) is 1.79. The van der Waals surface area contributed by atoms with Crippen molar-refractivity contribution in [2.75, 3.05) is 99.0 Å². The van der Waals surface area contributed by atoms with E-state index in [1.807, 2.05) is 6.92 Å². The average Bonchev–Trinajstić information content (AvgIpc) is 2.69. The Kier molecular flexibility index (Phi) is 21.9. The zero-order chi connectivity index (χ0) is 21.4. The molecule has 0 rings (SSSR count). The predicted octanol–water partition coefficient (Wildman–Crippen LogP) is -0.677. The minimum Gasteiger partial charge on any atom is -0.480 e. The largest absolute Gasteiger partial charge is 0.480 e. The van der Waals surface area contributed by atoms with E-state index in [4.69, 9.17) is 33.5 Å². The van der Waals surface area contributed by atoms with Crippen molar-refractivity contribution in [3.63, 3.8) is 0 Å². The lowest BCUT2D eigenvalue weighted by atomic mass is 10.6. The maximum atomic E-state index is 11.3. The lowest BCUT2D eigenvalue weighted by Crippen LogP contribution is -2.31. The molecular weight excluding hydrogens is 390 g/mol. The first-order valence-electron chi connectivity index (χ1n) is 9.69. The molecule has 0 aromatic rings. The molecule has 29 heavy (non-hydrogen) atoms. The molecule has 0 heterocycles. The van der Waals surface area contributed by atoms with E-state index in [-0.39, 0.29) is 12.5 Å². The molecule has 2 N–H and O–H groups in total. The van der Waals surface area contributed by atoms with E-state index in [9.17, 15) is 9.59 Å². The molecule has 0 radical (unpaired) electrons. The Morgan fingerprint density at radius 2 is 1.03 bits per heavy atom. The Balaban J connectivity index is 3.10. The third-order valence-electron chi connectivity index (χ3n) is 3.09. The number of carbonyl (C=O) groups excluding carboxylic acids is 1. The van der Waals surface area contributed by atoms with Gasteiger partial charge >= 0.3 is 5.97 Å². The third-order valence-corrected chi connectivity index (χ3v) is 3.09. The van der Waals surface area contributed by atoms with Gasteiger partial charge in [0.05, 0.1) is 72.7 Å². The molecule has 0 saturated carbocycles. The van der Waals surface area contributed by atoms with Gasteiger partial charge in [-0.1, -0.05) is 0 Å². The minimum absolute atomic E-state index is 0.289. The Morgan fingerprint density at radius 3 is 1.45 bits per heavy atom. The van der Waals surface area contributed by atoms with Crippen molar-refractivity contribution in [2.24, 2.45) is 0 Å². The molecule has 0 aliphatic rings. The molecule has 0 aromatic carbocycles. The molecule has 0 aromatic heterocycles. The van der Waals surface area contributed by atoms with Crippen molar-refractivity contribution >= 4 is 11.9 Å². The van der Waals surface area contributed by atoms with Gasteiger partial charge in [0, 0.05) is 13.2 Å². The second-order valence-corrected chi connectivity index (χ2v) is 5.50. The summed E-state index contributed by atoms with van der Waals surface area (Å²) in [6.07, 6.45) is 0. The van der Waals surface area contributed by atoms with Crippen LogP contribution >= 0.6 is 0 Å². The molecule has 0 saturated heterocycles. The van der Waals surface area contributed by atoms with Crippen LogP contribution in [0.5, 0.6) is 0 Å². The van der Waals surface area contributed by atoms with Crippen molar-refractivity contribution in [3.8, 4) is 0 Å². The fraction of sp³-hybridized carbons (Fsp3) is 0.889. The first kappa shape index (κ1) is 27.7. The molecule has 0 unspecified atom stereocenters. The number of carbonyl (C=O) groups is 2. The summed E-state index contributed by atoms with van der Waals surface area (Å²) in [6, 6.07) is 0. The van der Waals surface area contributed by atoms with Gasteiger partial charge in [-0.15, -0.1) is 0 Å². The van der Waals surface area contributed by atoms with E-state index in [0.717, 1.165) is 0 Å².